The van der Waals surface area contributed by atoms with Crippen LogP contribution in [0.3, 0.4) is 0 Å². The standard InChI is InChI=1S/C11H14N2O2S.C2H6/c1-11(2,3)15-10(14)13-7-9-5-4-8(6-12)16-9;1-2/h4-5H,7H2,1-3H3,(H,13,14);1-2H3. The van der Waals surface area contributed by atoms with E-state index in [-0.39, 0.29) is 0 Å². The molecule has 0 fully saturated rings. The van der Waals surface area contributed by atoms with E-state index in [0.717, 1.165) is 4.88 Å². The molecule has 0 aliphatic carbocycles. The molecule has 18 heavy (non-hydrogen) atoms. The lowest BCUT2D eigenvalue weighted by Crippen LogP contribution is -2.31. The molecule has 1 N–H and O–H groups in total. The van der Waals surface area contributed by atoms with Gasteiger partial charge in [0.1, 0.15) is 16.5 Å². The monoisotopic (exact) mass is 268 g/mol. The third-order valence-corrected chi connectivity index (χ3v) is 2.57. The maximum absolute atomic E-state index is 11.3. The van der Waals surface area contributed by atoms with E-state index >= 15 is 0 Å². The summed E-state index contributed by atoms with van der Waals surface area (Å²) in [4.78, 5) is 12.9. The van der Waals surface area contributed by atoms with Gasteiger partial charge in [-0.25, -0.2) is 4.79 Å². The van der Waals surface area contributed by atoms with Crippen molar-refractivity contribution in [3.8, 4) is 6.07 Å². The second-order valence-corrected chi connectivity index (χ2v) is 5.40. The molecule has 1 amide bonds. The van der Waals surface area contributed by atoms with Gasteiger partial charge in [0.2, 0.25) is 0 Å². The Bertz CT molecular complexity index is 413. The van der Waals surface area contributed by atoms with Gasteiger partial charge >= 0.3 is 6.09 Å². The maximum atomic E-state index is 11.3. The first kappa shape index (κ1) is 16.5. The molecule has 5 heteroatoms. The van der Waals surface area contributed by atoms with Gasteiger partial charge in [0, 0.05) is 4.88 Å². The highest BCUT2D eigenvalue weighted by Gasteiger charge is 2.15. The highest BCUT2D eigenvalue weighted by molar-refractivity contribution is 7.12. The van der Waals surface area contributed by atoms with E-state index in [1.54, 1.807) is 6.07 Å². The van der Waals surface area contributed by atoms with Gasteiger partial charge in [-0.1, -0.05) is 13.8 Å². The summed E-state index contributed by atoms with van der Waals surface area (Å²) in [5.74, 6) is 0. The minimum Gasteiger partial charge on any atom is -0.444 e. The fraction of sp³-hybridized carbons (Fsp3) is 0.538. The molecule has 1 heterocycles. The number of nitriles is 1. The Hall–Kier alpha value is -1.54. The van der Waals surface area contributed by atoms with Gasteiger partial charge < -0.3 is 10.1 Å². The Labute approximate surface area is 113 Å². The molecule has 0 spiro atoms. The Morgan fingerprint density at radius 1 is 1.44 bits per heavy atom. The largest absolute Gasteiger partial charge is 0.444 e. The van der Waals surface area contributed by atoms with E-state index in [2.05, 4.69) is 5.32 Å². The predicted octanol–water partition coefficient (Wildman–Crippen LogP) is 3.67. The predicted molar refractivity (Wildman–Crippen MR) is 73.5 cm³/mol. The number of thiophene rings is 1. The number of amides is 1. The van der Waals surface area contributed by atoms with Crippen LogP contribution in [0, 0.1) is 11.3 Å². The average molecular weight is 268 g/mol. The van der Waals surface area contributed by atoms with Crippen molar-refractivity contribution in [1.82, 2.24) is 5.32 Å². The van der Waals surface area contributed by atoms with Crippen molar-refractivity contribution in [3.05, 3.63) is 21.9 Å². The third-order valence-electron chi connectivity index (χ3n) is 1.58. The fourth-order valence-electron chi connectivity index (χ4n) is 1.01. The molecule has 0 unspecified atom stereocenters. The normalized spacial score (nSPS) is 9.78. The summed E-state index contributed by atoms with van der Waals surface area (Å²) in [5.41, 5.74) is -0.489. The minimum absolute atomic E-state index is 0.390. The first-order chi connectivity index (χ1) is 8.40. The second kappa shape index (κ2) is 7.72. The van der Waals surface area contributed by atoms with Gasteiger partial charge in [-0.2, -0.15) is 5.26 Å². The zero-order valence-electron chi connectivity index (χ0n) is 11.5. The average Bonchev–Trinajstić information content (AvgIpc) is 2.75. The van der Waals surface area contributed by atoms with Crippen molar-refractivity contribution in [1.29, 1.82) is 5.26 Å². The highest BCUT2D eigenvalue weighted by Crippen LogP contribution is 2.15. The van der Waals surface area contributed by atoms with Crippen molar-refractivity contribution >= 4 is 17.4 Å². The lowest BCUT2D eigenvalue weighted by molar-refractivity contribution is 0.0524. The molecule has 0 radical (unpaired) electrons. The highest BCUT2D eigenvalue weighted by atomic mass is 32.1. The van der Waals surface area contributed by atoms with Gasteiger partial charge in [-0.05, 0) is 32.9 Å². The van der Waals surface area contributed by atoms with Crippen LogP contribution in [0.15, 0.2) is 12.1 Å². The minimum atomic E-state index is -0.489. The summed E-state index contributed by atoms with van der Waals surface area (Å²) in [5, 5.41) is 11.3. The van der Waals surface area contributed by atoms with E-state index in [1.807, 2.05) is 46.8 Å². The second-order valence-electron chi connectivity index (χ2n) is 4.23. The number of hydrogen-bond donors (Lipinski definition) is 1. The van der Waals surface area contributed by atoms with Crippen molar-refractivity contribution in [2.45, 2.75) is 46.8 Å². The van der Waals surface area contributed by atoms with Crippen LogP contribution in [-0.2, 0) is 11.3 Å². The first-order valence-corrected chi connectivity index (χ1v) is 6.68. The molecule has 0 aliphatic heterocycles. The van der Waals surface area contributed by atoms with E-state index in [1.165, 1.54) is 11.3 Å². The molecule has 1 aromatic heterocycles. The maximum Gasteiger partial charge on any atom is 0.407 e. The summed E-state index contributed by atoms with van der Waals surface area (Å²) in [6, 6.07) is 5.60. The Kier molecular flexibility index (Phi) is 7.06. The van der Waals surface area contributed by atoms with E-state index in [0.29, 0.717) is 11.4 Å². The third kappa shape index (κ3) is 6.92. The molecule has 0 bridgehead atoms. The van der Waals surface area contributed by atoms with Crippen LogP contribution in [0.4, 0.5) is 4.79 Å². The lowest BCUT2D eigenvalue weighted by Gasteiger charge is -2.19. The molecule has 0 saturated carbocycles. The molecular weight excluding hydrogens is 248 g/mol. The smallest absolute Gasteiger partial charge is 0.407 e. The van der Waals surface area contributed by atoms with Crippen LogP contribution in [0.2, 0.25) is 0 Å². The van der Waals surface area contributed by atoms with Crippen LogP contribution in [0.1, 0.15) is 44.4 Å². The van der Waals surface area contributed by atoms with Crippen LogP contribution >= 0.6 is 11.3 Å². The summed E-state index contributed by atoms with van der Waals surface area (Å²) < 4.78 is 5.08. The zero-order valence-corrected chi connectivity index (χ0v) is 12.4. The Balaban J connectivity index is 0.00000137. The van der Waals surface area contributed by atoms with Crippen molar-refractivity contribution in [3.63, 3.8) is 0 Å². The van der Waals surface area contributed by atoms with E-state index in [9.17, 15) is 4.79 Å². The molecule has 1 rings (SSSR count). The zero-order chi connectivity index (χ0) is 14.2. The number of nitrogens with one attached hydrogen (secondary N) is 1. The van der Waals surface area contributed by atoms with Gasteiger partial charge in [0.15, 0.2) is 0 Å². The van der Waals surface area contributed by atoms with Gasteiger partial charge in [0.05, 0.1) is 6.54 Å². The molecule has 0 aromatic carbocycles. The van der Waals surface area contributed by atoms with Crippen LogP contribution in [-0.4, -0.2) is 11.7 Å². The quantitative estimate of drug-likeness (QED) is 0.890. The van der Waals surface area contributed by atoms with Gasteiger partial charge in [-0.3, -0.25) is 0 Å². The number of alkyl carbamates (subject to hydrolysis) is 1. The molecular formula is C13H20N2O2S. The topological polar surface area (TPSA) is 62.1 Å². The number of ether oxygens (including phenoxy) is 1. The molecule has 100 valence electrons. The Morgan fingerprint density at radius 3 is 2.50 bits per heavy atom. The van der Waals surface area contributed by atoms with Crippen LogP contribution in [0.5, 0.6) is 0 Å². The molecule has 4 nitrogen and oxygen atoms in total. The number of rotatable bonds is 2. The number of carbonyl (C=O) groups is 1. The fourth-order valence-corrected chi connectivity index (χ4v) is 1.75. The summed E-state index contributed by atoms with van der Waals surface area (Å²) in [7, 11) is 0. The SMILES string of the molecule is CC.CC(C)(C)OC(=O)NCc1ccc(C#N)s1. The molecule has 0 aliphatic rings. The van der Waals surface area contributed by atoms with Crippen molar-refractivity contribution in [2.24, 2.45) is 0 Å². The summed E-state index contributed by atoms with van der Waals surface area (Å²) in [6.45, 7) is 9.82. The number of carbonyl (C=O) groups excluding carboxylic acids is 1. The van der Waals surface area contributed by atoms with Gasteiger partial charge in [-0.15, -0.1) is 11.3 Å². The number of hydrogen-bond acceptors (Lipinski definition) is 4. The summed E-state index contributed by atoms with van der Waals surface area (Å²) >= 11 is 1.36. The molecule has 1 aromatic rings. The van der Waals surface area contributed by atoms with Crippen molar-refractivity contribution in [2.75, 3.05) is 0 Å². The van der Waals surface area contributed by atoms with Crippen LogP contribution < -0.4 is 5.32 Å². The van der Waals surface area contributed by atoms with Gasteiger partial charge in [0.25, 0.3) is 0 Å². The number of nitrogens with zero attached hydrogens (tertiary/aromatic N) is 1. The first-order valence-electron chi connectivity index (χ1n) is 5.86. The van der Waals surface area contributed by atoms with Crippen molar-refractivity contribution < 1.29 is 9.53 Å². The Morgan fingerprint density at radius 2 is 2.06 bits per heavy atom. The van der Waals surface area contributed by atoms with E-state index < -0.39 is 11.7 Å². The molecule has 0 atom stereocenters. The lowest BCUT2D eigenvalue weighted by atomic mass is 10.2. The van der Waals surface area contributed by atoms with Crippen LogP contribution in [0.25, 0.3) is 0 Å². The summed E-state index contributed by atoms with van der Waals surface area (Å²) in [6.07, 6.45) is -0.445. The van der Waals surface area contributed by atoms with E-state index in [4.69, 9.17) is 10.00 Å². The molecule has 0 saturated heterocycles.